The van der Waals surface area contributed by atoms with Gasteiger partial charge in [-0.15, -0.1) is 0 Å². The molecule has 0 atom stereocenters. The molecule has 0 radical (unpaired) electrons. The Balaban J connectivity index is 2.61. The zero-order valence-electron chi connectivity index (χ0n) is 9.72. The maximum absolute atomic E-state index is 5.16. The Morgan fingerprint density at radius 1 is 1.62 bits per heavy atom. The first-order valence-electron chi connectivity index (χ1n) is 5.32. The molecule has 3 heteroatoms. The maximum atomic E-state index is 5.16. The molecule has 0 amide bonds. The molecule has 16 heavy (non-hydrogen) atoms. The maximum Gasteiger partial charge on any atom is 0.109 e. The fraction of sp³-hybridized carbons (Fsp3) is 0.308. The van der Waals surface area contributed by atoms with Gasteiger partial charge in [0.25, 0.3) is 0 Å². The van der Waals surface area contributed by atoms with Crippen molar-refractivity contribution < 1.29 is 4.74 Å². The lowest BCUT2D eigenvalue weighted by Crippen LogP contribution is -2.13. The Morgan fingerprint density at radius 2 is 2.44 bits per heavy atom. The molecule has 0 bridgehead atoms. The number of aliphatic imine (C=N–C) groups is 1. The van der Waals surface area contributed by atoms with E-state index in [1.165, 1.54) is 11.8 Å². The smallest absolute Gasteiger partial charge is 0.109 e. The van der Waals surface area contributed by atoms with E-state index in [0.717, 1.165) is 18.7 Å². The number of ether oxygens (including phenoxy) is 1. The molecule has 1 heterocycles. The van der Waals surface area contributed by atoms with Crippen LogP contribution in [0.1, 0.15) is 13.3 Å². The highest BCUT2D eigenvalue weighted by atomic mass is 16.5. The second-order valence-corrected chi connectivity index (χ2v) is 3.41. The van der Waals surface area contributed by atoms with Crippen LogP contribution in [0.3, 0.4) is 0 Å². The monoisotopic (exact) mass is 218 g/mol. The molecule has 0 unspecified atom stereocenters. The first-order chi connectivity index (χ1) is 7.77. The summed E-state index contributed by atoms with van der Waals surface area (Å²) < 4.78 is 5.16. The average molecular weight is 218 g/mol. The molecule has 0 saturated heterocycles. The largest absolute Gasteiger partial charge is 0.497 e. The van der Waals surface area contributed by atoms with E-state index in [1.807, 2.05) is 30.2 Å². The number of hydrogen-bond donors (Lipinski definition) is 0. The van der Waals surface area contributed by atoms with Crippen molar-refractivity contribution in [1.29, 1.82) is 0 Å². The van der Waals surface area contributed by atoms with Crippen LogP contribution in [0, 0.1) is 0 Å². The van der Waals surface area contributed by atoms with Gasteiger partial charge in [0.15, 0.2) is 0 Å². The Morgan fingerprint density at radius 3 is 3.12 bits per heavy atom. The lowest BCUT2D eigenvalue weighted by Gasteiger charge is -2.16. The minimum atomic E-state index is 0.561. The Bertz CT molecular complexity index is 340. The highest BCUT2D eigenvalue weighted by molar-refractivity contribution is 5.60. The van der Waals surface area contributed by atoms with E-state index in [2.05, 4.69) is 18.2 Å². The Labute approximate surface area is 97.1 Å². The predicted molar refractivity (Wildman–Crippen MR) is 68.0 cm³/mol. The van der Waals surface area contributed by atoms with Gasteiger partial charge in [0, 0.05) is 24.9 Å². The van der Waals surface area contributed by atoms with Gasteiger partial charge < -0.3 is 9.64 Å². The molecule has 0 aliphatic carbocycles. The van der Waals surface area contributed by atoms with Crippen LogP contribution >= 0.6 is 0 Å². The molecule has 0 aromatic rings. The van der Waals surface area contributed by atoms with Crippen molar-refractivity contribution in [2.45, 2.75) is 13.3 Å². The fourth-order valence-electron chi connectivity index (χ4n) is 1.34. The van der Waals surface area contributed by atoms with Crippen LogP contribution in [-0.4, -0.2) is 24.4 Å². The minimum Gasteiger partial charge on any atom is -0.497 e. The van der Waals surface area contributed by atoms with E-state index < -0.39 is 0 Å². The van der Waals surface area contributed by atoms with Crippen LogP contribution in [0.4, 0.5) is 0 Å². The van der Waals surface area contributed by atoms with Crippen molar-refractivity contribution in [1.82, 2.24) is 4.90 Å². The van der Waals surface area contributed by atoms with Gasteiger partial charge in [0.05, 0.1) is 12.6 Å². The van der Waals surface area contributed by atoms with Gasteiger partial charge in [0.2, 0.25) is 0 Å². The molecule has 0 aromatic heterocycles. The third-order valence-corrected chi connectivity index (χ3v) is 2.15. The molecule has 86 valence electrons. The summed E-state index contributed by atoms with van der Waals surface area (Å²) in [7, 11) is 0. The number of nitrogens with zero attached hydrogens (tertiary/aromatic N) is 2. The third kappa shape index (κ3) is 3.77. The van der Waals surface area contributed by atoms with Crippen molar-refractivity contribution in [2.75, 3.05) is 13.2 Å². The predicted octanol–water partition coefficient (Wildman–Crippen LogP) is 2.85. The average Bonchev–Trinajstić information content (AvgIpc) is 2.46. The van der Waals surface area contributed by atoms with Crippen molar-refractivity contribution >= 4 is 6.34 Å². The van der Waals surface area contributed by atoms with Gasteiger partial charge in [-0.05, 0) is 18.6 Å². The molecular weight excluding hydrogens is 200 g/mol. The van der Waals surface area contributed by atoms with Crippen molar-refractivity contribution in [3.05, 3.63) is 49.0 Å². The summed E-state index contributed by atoms with van der Waals surface area (Å²) in [5.74, 6) is 0. The summed E-state index contributed by atoms with van der Waals surface area (Å²) >= 11 is 0. The minimum absolute atomic E-state index is 0.561. The number of rotatable bonds is 5. The van der Waals surface area contributed by atoms with E-state index >= 15 is 0 Å². The topological polar surface area (TPSA) is 24.8 Å². The summed E-state index contributed by atoms with van der Waals surface area (Å²) in [6.07, 6.45) is 9.99. The summed E-state index contributed by atoms with van der Waals surface area (Å²) in [5, 5.41) is 0. The van der Waals surface area contributed by atoms with Crippen molar-refractivity contribution in [3.63, 3.8) is 0 Å². The molecule has 0 N–H and O–H groups in total. The molecule has 3 nitrogen and oxygen atoms in total. The molecule has 1 aliphatic heterocycles. The zero-order chi connectivity index (χ0) is 11.8. The van der Waals surface area contributed by atoms with E-state index in [0.29, 0.717) is 6.61 Å². The first kappa shape index (κ1) is 12.3. The van der Waals surface area contributed by atoms with Crippen molar-refractivity contribution in [3.8, 4) is 0 Å². The number of hydrogen-bond acceptors (Lipinski definition) is 2. The van der Waals surface area contributed by atoms with Gasteiger partial charge >= 0.3 is 0 Å². The first-order valence-corrected chi connectivity index (χ1v) is 5.32. The van der Waals surface area contributed by atoms with Gasteiger partial charge in [0.1, 0.15) is 6.61 Å². The van der Waals surface area contributed by atoms with Gasteiger partial charge in [-0.3, -0.25) is 4.99 Å². The molecule has 0 spiro atoms. The molecule has 1 aliphatic rings. The van der Waals surface area contributed by atoms with Crippen LogP contribution < -0.4 is 0 Å². The van der Waals surface area contributed by atoms with Crippen LogP contribution in [0.25, 0.3) is 0 Å². The van der Waals surface area contributed by atoms with E-state index in [1.54, 1.807) is 6.34 Å². The lowest BCUT2D eigenvalue weighted by molar-refractivity contribution is 0.279. The molecule has 0 aromatic carbocycles. The van der Waals surface area contributed by atoms with E-state index in [4.69, 9.17) is 4.74 Å². The third-order valence-electron chi connectivity index (χ3n) is 2.15. The SMILES string of the molecule is C=COCC1=CC=CN(C=NCC)C(=C)C1. The summed E-state index contributed by atoms with van der Waals surface area (Å²) in [6, 6.07) is 0. The standard InChI is InChI=1S/C13H18N2O/c1-4-14-11-15-8-6-7-13(9-12(15)3)10-16-5-2/h5-8,11H,2-4,9-10H2,1H3. The normalized spacial score (nSPS) is 16.2. The Kier molecular flexibility index (Phi) is 5.12. The zero-order valence-corrected chi connectivity index (χ0v) is 9.72. The summed E-state index contributed by atoms with van der Waals surface area (Å²) in [4.78, 5) is 6.12. The summed E-state index contributed by atoms with van der Waals surface area (Å²) in [5.41, 5.74) is 2.17. The fourth-order valence-corrected chi connectivity index (χ4v) is 1.34. The highest BCUT2D eigenvalue weighted by Gasteiger charge is 2.08. The van der Waals surface area contributed by atoms with Gasteiger partial charge in [-0.2, -0.15) is 0 Å². The van der Waals surface area contributed by atoms with Crippen molar-refractivity contribution in [2.24, 2.45) is 4.99 Å². The molecular formula is C13H18N2O. The second-order valence-electron chi connectivity index (χ2n) is 3.41. The van der Waals surface area contributed by atoms with E-state index in [-0.39, 0.29) is 0 Å². The van der Waals surface area contributed by atoms with Crippen LogP contribution in [-0.2, 0) is 4.74 Å². The quantitative estimate of drug-likeness (QED) is 0.402. The van der Waals surface area contributed by atoms with Gasteiger partial charge in [-0.1, -0.05) is 19.2 Å². The molecule has 0 fully saturated rings. The number of allylic oxidation sites excluding steroid dienone is 3. The summed E-state index contributed by atoms with van der Waals surface area (Å²) in [6.45, 7) is 10.9. The molecule has 0 saturated carbocycles. The second kappa shape index (κ2) is 6.67. The van der Waals surface area contributed by atoms with Gasteiger partial charge in [-0.25, -0.2) is 0 Å². The van der Waals surface area contributed by atoms with Crippen LogP contribution in [0.2, 0.25) is 0 Å². The highest BCUT2D eigenvalue weighted by Crippen LogP contribution is 2.17. The van der Waals surface area contributed by atoms with Crippen LogP contribution in [0.5, 0.6) is 0 Å². The Hall–Kier alpha value is -1.77. The van der Waals surface area contributed by atoms with Crippen LogP contribution in [0.15, 0.2) is 54.0 Å². The molecule has 1 rings (SSSR count). The lowest BCUT2D eigenvalue weighted by atomic mass is 10.1. The van der Waals surface area contributed by atoms with E-state index in [9.17, 15) is 0 Å².